The summed E-state index contributed by atoms with van der Waals surface area (Å²) in [6.07, 6.45) is 1.01. The smallest absolute Gasteiger partial charge is 0.239 e. The van der Waals surface area contributed by atoms with Crippen molar-refractivity contribution in [2.75, 3.05) is 20.2 Å². The zero-order chi connectivity index (χ0) is 18.7. The summed E-state index contributed by atoms with van der Waals surface area (Å²) in [5.74, 6) is 0.525. The highest BCUT2D eigenvalue weighted by Crippen LogP contribution is 2.10. The van der Waals surface area contributed by atoms with Crippen LogP contribution >= 0.6 is 24.0 Å². The van der Waals surface area contributed by atoms with E-state index >= 15 is 0 Å². The first-order chi connectivity index (χ1) is 11.9. The third-order valence-electron chi connectivity index (χ3n) is 3.33. The summed E-state index contributed by atoms with van der Waals surface area (Å²) in [4.78, 5) is 16.0. The zero-order valence-corrected chi connectivity index (χ0v) is 18.8. The summed E-state index contributed by atoms with van der Waals surface area (Å²) in [5.41, 5.74) is 2.07. The van der Waals surface area contributed by atoms with E-state index in [0.29, 0.717) is 19.1 Å². The molecule has 0 aliphatic heterocycles. The summed E-state index contributed by atoms with van der Waals surface area (Å²) in [5, 5.41) is 9.18. The van der Waals surface area contributed by atoms with E-state index in [1.165, 1.54) is 0 Å². The van der Waals surface area contributed by atoms with Gasteiger partial charge in [0.15, 0.2) is 5.96 Å². The average Bonchev–Trinajstić information content (AvgIpc) is 2.55. The topological polar surface area (TPSA) is 74.8 Å². The molecule has 1 aromatic rings. The summed E-state index contributed by atoms with van der Waals surface area (Å²) >= 11 is 0. The van der Waals surface area contributed by atoms with E-state index in [1.807, 2.05) is 32.9 Å². The van der Waals surface area contributed by atoms with Crippen molar-refractivity contribution in [1.82, 2.24) is 16.0 Å². The molecule has 0 unspecified atom stereocenters. The summed E-state index contributed by atoms with van der Waals surface area (Å²) in [6.45, 7) is 10.1. The predicted octanol–water partition coefficient (Wildman–Crippen LogP) is 2.81. The number of ether oxygens (including phenoxy) is 1. The van der Waals surface area contributed by atoms with Crippen LogP contribution in [0.5, 0.6) is 0 Å². The maximum atomic E-state index is 11.9. The number of amides is 1. The number of nitrogens with one attached hydrogen (secondary N) is 3. The van der Waals surface area contributed by atoms with E-state index in [0.717, 1.165) is 24.2 Å². The third kappa shape index (κ3) is 10.6. The second-order valence-electron chi connectivity index (χ2n) is 6.90. The highest BCUT2D eigenvalue weighted by atomic mass is 127. The molecule has 0 aliphatic carbocycles. The van der Waals surface area contributed by atoms with E-state index in [9.17, 15) is 4.79 Å². The van der Waals surface area contributed by atoms with Crippen LogP contribution in [0.1, 0.15) is 45.2 Å². The lowest BCUT2D eigenvalue weighted by Gasteiger charge is -2.21. The van der Waals surface area contributed by atoms with Crippen molar-refractivity contribution in [2.45, 2.75) is 52.8 Å². The van der Waals surface area contributed by atoms with Crippen LogP contribution in [0.4, 0.5) is 0 Å². The Morgan fingerprint density at radius 3 is 2.38 bits per heavy atom. The van der Waals surface area contributed by atoms with Gasteiger partial charge in [0, 0.05) is 25.7 Å². The van der Waals surface area contributed by atoms with E-state index in [2.05, 4.69) is 40.0 Å². The van der Waals surface area contributed by atoms with Gasteiger partial charge in [-0.1, -0.05) is 31.2 Å². The van der Waals surface area contributed by atoms with Gasteiger partial charge in [0.2, 0.25) is 5.91 Å². The Balaban J connectivity index is 0.00000625. The van der Waals surface area contributed by atoms with Gasteiger partial charge in [-0.3, -0.25) is 9.79 Å². The standard InChI is InChI=1S/C19H32N4O2.HI/c1-6-11-25-14-16-10-8-7-9-15(16)12-21-18(20-5)22-13-17(24)23-19(2,3)4;/h7-10H,6,11-14H2,1-5H3,(H,23,24)(H2,20,21,22);1H. The van der Waals surface area contributed by atoms with Crippen molar-refractivity contribution in [3.63, 3.8) is 0 Å². The van der Waals surface area contributed by atoms with Crippen molar-refractivity contribution in [1.29, 1.82) is 0 Å². The first-order valence-electron chi connectivity index (χ1n) is 8.75. The Morgan fingerprint density at radius 2 is 1.81 bits per heavy atom. The Labute approximate surface area is 174 Å². The number of carbonyl (C=O) groups is 1. The molecule has 0 saturated heterocycles. The van der Waals surface area contributed by atoms with Crippen LogP contribution in [0.2, 0.25) is 0 Å². The monoisotopic (exact) mass is 476 g/mol. The zero-order valence-electron chi connectivity index (χ0n) is 16.5. The van der Waals surface area contributed by atoms with E-state index in [1.54, 1.807) is 7.05 Å². The number of nitrogens with zero attached hydrogens (tertiary/aromatic N) is 1. The van der Waals surface area contributed by atoms with Gasteiger partial charge in [0.05, 0.1) is 13.2 Å². The molecule has 1 amide bonds. The molecule has 0 fully saturated rings. The number of hydrogen-bond donors (Lipinski definition) is 3. The van der Waals surface area contributed by atoms with Crippen LogP contribution in [-0.4, -0.2) is 37.6 Å². The minimum atomic E-state index is -0.243. The molecule has 3 N–H and O–H groups in total. The second-order valence-corrected chi connectivity index (χ2v) is 6.90. The van der Waals surface area contributed by atoms with Crippen molar-refractivity contribution in [3.05, 3.63) is 35.4 Å². The quantitative estimate of drug-likeness (QED) is 0.234. The maximum Gasteiger partial charge on any atom is 0.239 e. The van der Waals surface area contributed by atoms with Crippen molar-refractivity contribution in [3.8, 4) is 0 Å². The summed E-state index contributed by atoms with van der Waals surface area (Å²) < 4.78 is 5.64. The molecule has 0 aliphatic rings. The minimum Gasteiger partial charge on any atom is -0.377 e. The molecule has 0 bridgehead atoms. The van der Waals surface area contributed by atoms with Gasteiger partial charge in [0.25, 0.3) is 0 Å². The van der Waals surface area contributed by atoms with Gasteiger partial charge < -0.3 is 20.7 Å². The number of carbonyl (C=O) groups excluding carboxylic acids is 1. The third-order valence-corrected chi connectivity index (χ3v) is 3.33. The molecule has 26 heavy (non-hydrogen) atoms. The number of guanidine groups is 1. The molecule has 148 valence electrons. The SMILES string of the molecule is CCCOCc1ccccc1CNC(=NC)NCC(=O)NC(C)(C)C.I. The molecule has 7 heteroatoms. The fourth-order valence-corrected chi connectivity index (χ4v) is 2.22. The molecular formula is C19H33IN4O2. The lowest BCUT2D eigenvalue weighted by Crippen LogP contribution is -2.48. The molecule has 1 aromatic carbocycles. The van der Waals surface area contributed by atoms with Gasteiger partial charge >= 0.3 is 0 Å². The molecule has 0 radical (unpaired) electrons. The Hall–Kier alpha value is -1.35. The number of halogens is 1. The second kappa shape index (κ2) is 12.9. The lowest BCUT2D eigenvalue weighted by atomic mass is 10.1. The Kier molecular flexibility index (Phi) is 12.2. The fourth-order valence-electron chi connectivity index (χ4n) is 2.22. The molecule has 0 atom stereocenters. The van der Waals surface area contributed by atoms with Crippen LogP contribution < -0.4 is 16.0 Å². The first-order valence-corrected chi connectivity index (χ1v) is 8.75. The molecule has 1 rings (SSSR count). The van der Waals surface area contributed by atoms with Crippen LogP contribution in [0, 0.1) is 0 Å². The van der Waals surface area contributed by atoms with Crippen LogP contribution in [-0.2, 0) is 22.7 Å². The highest BCUT2D eigenvalue weighted by molar-refractivity contribution is 14.0. The average molecular weight is 476 g/mol. The van der Waals surface area contributed by atoms with E-state index in [-0.39, 0.29) is 42.0 Å². The molecule has 0 heterocycles. The van der Waals surface area contributed by atoms with E-state index < -0.39 is 0 Å². The van der Waals surface area contributed by atoms with Gasteiger partial charge in [0.1, 0.15) is 0 Å². The molecule has 0 spiro atoms. The fraction of sp³-hybridized carbons (Fsp3) is 0.579. The predicted molar refractivity (Wildman–Crippen MR) is 118 cm³/mol. The van der Waals surface area contributed by atoms with Crippen molar-refractivity contribution in [2.24, 2.45) is 4.99 Å². The van der Waals surface area contributed by atoms with Gasteiger partial charge in [-0.15, -0.1) is 24.0 Å². The van der Waals surface area contributed by atoms with Crippen LogP contribution in [0.3, 0.4) is 0 Å². The first kappa shape index (κ1) is 24.7. The Bertz CT molecular complexity index is 571. The van der Waals surface area contributed by atoms with Gasteiger partial charge in [-0.05, 0) is 38.3 Å². The molecular weight excluding hydrogens is 443 g/mol. The molecule has 6 nitrogen and oxygen atoms in total. The normalized spacial score (nSPS) is 11.5. The number of rotatable bonds is 8. The summed E-state index contributed by atoms with van der Waals surface area (Å²) in [6, 6.07) is 8.15. The number of hydrogen-bond acceptors (Lipinski definition) is 3. The minimum absolute atomic E-state index is 0. The van der Waals surface area contributed by atoms with Crippen molar-refractivity contribution < 1.29 is 9.53 Å². The van der Waals surface area contributed by atoms with Gasteiger partial charge in [-0.25, -0.2) is 0 Å². The van der Waals surface area contributed by atoms with Gasteiger partial charge in [-0.2, -0.15) is 0 Å². The highest BCUT2D eigenvalue weighted by Gasteiger charge is 2.13. The van der Waals surface area contributed by atoms with E-state index in [4.69, 9.17) is 4.74 Å². The van der Waals surface area contributed by atoms with Crippen LogP contribution in [0.25, 0.3) is 0 Å². The summed E-state index contributed by atoms with van der Waals surface area (Å²) in [7, 11) is 1.69. The largest absolute Gasteiger partial charge is 0.377 e. The van der Waals surface area contributed by atoms with Crippen molar-refractivity contribution >= 4 is 35.8 Å². The number of aliphatic imine (C=N–C) groups is 1. The number of benzene rings is 1. The Morgan fingerprint density at radius 1 is 1.15 bits per heavy atom. The molecule has 0 aromatic heterocycles. The maximum absolute atomic E-state index is 11.9. The lowest BCUT2D eigenvalue weighted by molar-refractivity contribution is -0.121. The van der Waals surface area contributed by atoms with Crippen LogP contribution in [0.15, 0.2) is 29.3 Å². The molecule has 0 saturated carbocycles.